The van der Waals surface area contributed by atoms with Gasteiger partial charge in [-0.1, -0.05) is 6.42 Å². The zero-order valence-corrected chi connectivity index (χ0v) is 10.2. The number of rotatable bonds is 8. The number of hydrogen-bond acceptors (Lipinski definition) is 3. The maximum atomic E-state index is 11.4. The first-order valence-electron chi connectivity index (χ1n) is 5.74. The molecule has 5 heteroatoms. The fourth-order valence-corrected chi connectivity index (χ4v) is 2.32. The second-order valence-corrected chi connectivity index (χ2v) is 5.33. The molecule has 0 atom stereocenters. The van der Waals surface area contributed by atoms with Gasteiger partial charge in [0.1, 0.15) is 0 Å². The van der Waals surface area contributed by atoms with Gasteiger partial charge in [0.15, 0.2) is 0 Å². The maximum Gasteiger partial charge on any atom is 0.304 e. The molecule has 0 aromatic carbocycles. The van der Waals surface area contributed by atoms with Crippen molar-refractivity contribution in [2.24, 2.45) is 5.92 Å². The molecule has 0 spiro atoms. The van der Waals surface area contributed by atoms with Crippen molar-refractivity contribution < 1.29 is 14.7 Å². The van der Waals surface area contributed by atoms with E-state index < -0.39 is 5.97 Å². The van der Waals surface area contributed by atoms with E-state index in [0.717, 1.165) is 5.75 Å². The molecule has 4 nitrogen and oxygen atoms in total. The molecule has 2 N–H and O–H groups in total. The van der Waals surface area contributed by atoms with Crippen LogP contribution >= 0.6 is 11.8 Å². The number of hydrogen-bond donors (Lipinski definition) is 2. The van der Waals surface area contributed by atoms with E-state index in [0.29, 0.717) is 24.6 Å². The SMILES string of the molecule is O=C(O)CCSCCNC(=O)CC1CCC1. The van der Waals surface area contributed by atoms with Crippen molar-refractivity contribution in [3.8, 4) is 0 Å². The number of amides is 1. The molecule has 1 aliphatic rings. The highest BCUT2D eigenvalue weighted by molar-refractivity contribution is 7.99. The fourth-order valence-electron chi connectivity index (χ4n) is 1.56. The van der Waals surface area contributed by atoms with Crippen LogP contribution in [0.1, 0.15) is 32.1 Å². The van der Waals surface area contributed by atoms with Crippen molar-refractivity contribution in [3.63, 3.8) is 0 Å². The summed E-state index contributed by atoms with van der Waals surface area (Å²) in [6.45, 7) is 0.649. The quantitative estimate of drug-likeness (QED) is 0.636. The standard InChI is InChI=1S/C11H19NO3S/c13-10(8-9-2-1-3-9)12-5-7-16-6-4-11(14)15/h9H,1-8H2,(H,12,13)(H,14,15). The smallest absolute Gasteiger partial charge is 0.304 e. The third kappa shape index (κ3) is 6.00. The highest BCUT2D eigenvalue weighted by atomic mass is 32.2. The van der Waals surface area contributed by atoms with Crippen molar-refractivity contribution in [1.29, 1.82) is 0 Å². The molecule has 1 fully saturated rings. The van der Waals surface area contributed by atoms with Gasteiger partial charge in [-0.15, -0.1) is 0 Å². The van der Waals surface area contributed by atoms with Gasteiger partial charge in [-0.2, -0.15) is 11.8 Å². The number of nitrogens with one attached hydrogen (secondary N) is 1. The Morgan fingerprint density at radius 2 is 2.06 bits per heavy atom. The third-order valence-corrected chi connectivity index (χ3v) is 3.71. The van der Waals surface area contributed by atoms with Gasteiger partial charge in [-0.3, -0.25) is 9.59 Å². The topological polar surface area (TPSA) is 66.4 Å². The molecule has 0 bridgehead atoms. The molecular formula is C11H19NO3S. The molecule has 0 aliphatic heterocycles. The molecule has 0 radical (unpaired) electrons. The van der Waals surface area contributed by atoms with Gasteiger partial charge in [-0.05, 0) is 18.8 Å². The second-order valence-electron chi connectivity index (χ2n) is 4.11. The number of carboxylic acids is 1. The summed E-state index contributed by atoms with van der Waals surface area (Å²) in [7, 11) is 0. The molecular weight excluding hydrogens is 226 g/mol. The summed E-state index contributed by atoms with van der Waals surface area (Å²) >= 11 is 1.57. The van der Waals surface area contributed by atoms with Crippen LogP contribution in [0.15, 0.2) is 0 Å². The molecule has 16 heavy (non-hydrogen) atoms. The Balaban J connectivity index is 1.86. The number of thioether (sulfide) groups is 1. The number of carboxylic acid groups (broad SMARTS) is 1. The van der Waals surface area contributed by atoms with Gasteiger partial charge < -0.3 is 10.4 Å². The van der Waals surface area contributed by atoms with Crippen molar-refractivity contribution in [1.82, 2.24) is 5.32 Å². The lowest BCUT2D eigenvalue weighted by Gasteiger charge is -2.24. The van der Waals surface area contributed by atoms with E-state index in [1.54, 1.807) is 11.8 Å². The highest BCUT2D eigenvalue weighted by Gasteiger charge is 2.20. The minimum Gasteiger partial charge on any atom is -0.481 e. The number of carbonyl (C=O) groups is 2. The van der Waals surface area contributed by atoms with Crippen LogP contribution < -0.4 is 5.32 Å². The van der Waals surface area contributed by atoms with Crippen LogP contribution in [-0.4, -0.2) is 35.0 Å². The van der Waals surface area contributed by atoms with E-state index in [1.165, 1.54) is 19.3 Å². The Labute approximate surface area is 100 Å². The lowest BCUT2D eigenvalue weighted by atomic mass is 9.83. The summed E-state index contributed by atoms with van der Waals surface area (Å²) in [5.74, 6) is 1.40. The molecule has 0 saturated heterocycles. The Kier molecular flexibility index (Phi) is 6.30. The minimum atomic E-state index is -0.762. The fraction of sp³-hybridized carbons (Fsp3) is 0.818. The van der Waals surface area contributed by atoms with Crippen LogP contribution in [0.25, 0.3) is 0 Å². The minimum absolute atomic E-state index is 0.142. The van der Waals surface area contributed by atoms with Gasteiger partial charge in [-0.25, -0.2) is 0 Å². The molecule has 0 heterocycles. The molecule has 92 valence electrons. The van der Waals surface area contributed by atoms with E-state index in [2.05, 4.69) is 5.32 Å². The first kappa shape index (κ1) is 13.4. The zero-order chi connectivity index (χ0) is 11.8. The molecule has 1 amide bonds. The van der Waals surface area contributed by atoms with E-state index in [-0.39, 0.29) is 12.3 Å². The van der Waals surface area contributed by atoms with Crippen molar-refractivity contribution in [2.45, 2.75) is 32.1 Å². The van der Waals surface area contributed by atoms with Crippen LogP contribution in [0.2, 0.25) is 0 Å². The summed E-state index contributed by atoms with van der Waals surface area (Å²) in [4.78, 5) is 21.6. The average Bonchev–Trinajstić information content (AvgIpc) is 2.17. The number of aliphatic carboxylic acids is 1. The summed E-state index contributed by atoms with van der Waals surface area (Å²) in [6.07, 6.45) is 4.52. The summed E-state index contributed by atoms with van der Waals surface area (Å²) < 4.78 is 0. The van der Waals surface area contributed by atoms with Crippen LogP contribution in [0.5, 0.6) is 0 Å². The first-order valence-corrected chi connectivity index (χ1v) is 6.90. The van der Waals surface area contributed by atoms with Crippen LogP contribution in [-0.2, 0) is 9.59 Å². The van der Waals surface area contributed by atoms with Gasteiger partial charge in [0, 0.05) is 24.5 Å². The van der Waals surface area contributed by atoms with E-state index in [1.807, 2.05) is 0 Å². The molecule has 0 unspecified atom stereocenters. The monoisotopic (exact) mass is 245 g/mol. The molecule has 1 saturated carbocycles. The zero-order valence-electron chi connectivity index (χ0n) is 9.41. The van der Waals surface area contributed by atoms with Gasteiger partial charge in [0.2, 0.25) is 5.91 Å². The molecule has 1 aliphatic carbocycles. The van der Waals surface area contributed by atoms with Crippen LogP contribution in [0, 0.1) is 5.92 Å². The van der Waals surface area contributed by atoms with Crippen molar-refractivity contribution >= 4 is 23.6 Å². The van der Waals surface area contributed by atoms with Crippen LogP contribution in [0.3, 0.4) is 0 Å². The second kappa shape index (κ2) is 7.54. The average molecular weight is 245 g/mol. The summed E-state index contributed by atoms with van der Waals surface area (Å²) in [5, 5.41) is 11.3. The van der Waals surface area contributed by atoms with Gasteiger partial charge in [0.25, 0.3) is 0 Å². The largest absolute Gasteiger partial charge is 0.481 e. The molecule has 1 rings (SSSR count). The Morgan fingerprint density at radius 3 is 2.62 bits per heavy atom. The van der Waals surface area contributed by atoms with Gasteiger partial charge >= 0.3 is 5.97 Å². The third-order valence-electron chi connectivity index (χ3n) is 2.73. The van der Waals surface area contributed by atoms with E-state index >= 15 is 0 Å². The molecule has 0 aromatic heterocycles. The van der Waals surface area contributed by atoms with Gasteiger partial charge in [0.05, 0.1) is 6.42 Å². The first-order chi connectivity index (χ1) is 7.68. The lowest BCUT2D eigenvalue weighted by Crippen LogP contribution is -2.29. The summed E-state index contributed by atoms with van der Waals surface area (Å²) in [6, 6.07) is 0. The highest BCUT2D eigenvalue weighted by Crippen LogP contribution is 2.28. The van der Waals surface area contributed by atoms with E-state index in [4.69, 9.17) is 5.11 Å². The normalized spacial score (nSPS) is 15.5. The van der Waals surface area contributed by atoms with Crippen molar-refractivity contribution in [2.75, 3.05) is 18.1 Å². The maximum absolute atomic E-state index is 11.4. The Hall–Kier alpha value is -0.710. The molecule has 0 aromatic rings. The predicted octanol–water partition coefficient (Wildman–Crippen LogP) is 1.50. The Morgan fingerprint density at radius 1 is 1.31 bits per heavy atom. The Bertz CT molecular complexity index is 241. The van der Waals surface area contributed by atoms with Crippen LogP contribution in [0.4, 0.5) is 0 Å². The van der Waals surface area contributed by atoms with Crippen molar-refractivity contribution in [3.05, 3.63) is 0 Å². The lowest BCUT2D eigenvalue weighted by molar-refractivity contribution is -0.136. The summed E-state index contributed by atoms with van der Waals surface area (Å²) in [5.41, 5.74) is 0. The predicted molar refractivity (Wildman–Crippen MR) is 64.5 cm³/mol. The van der Waals surface area contributed by atoms with E-state index in [9.17, 15) is 9.59 Å². The number of carbonyl (C=O) groups excluding carboxylic acids is 1.